The predicted molar refractivity (Wildman–Crippen MR) is 54.0 cm³/mol. The molecule has 68 valence electrons. The molecule has 7 heteroatoms. The maximum atomic E-state index is 5.86. The molecule has 0 unspecified atom stereocenters. The van der Waals surface area contributed by atoms with Crippen molar-refractivity contribution in [1.82, 2.24) is 19.5 Å². The Kier molecular flexibility index (Phi) is 2.17. The molecule has 0 saturated heterocycles. The van der Waals surface area contributed by atoms with Gasteiger partial charge in [-0.1, -0.05) is 11.6 Å². The summed E-state index contributed by atoms with van der Waals surface area (Å²) in [5.41, 5.74) is 1.15. The minimum absolute atomic E-state index is 0.100. The Hall–Kier alpha value is -0.390. The average Bonchev–Trinajstić information content (AvgIpc) is 2.27. The average molecular weight is 282 g/mol. The topological polar surface area (TPSA) is 43.6 Å². The van der Waals surface area contributed by atoms with Crippen LogP contribution in [0.1, 0.15) is 0 Å². The highest BCUT2D eigenvalue weighted by molar-refractivity contribution is 9.10. The van der Waals surface area contributed by atoms with Crippen LogP contribution in [0.4, 0.5) is 0 Å². The van der Waals surface area contributed by atoms with Crippen LogP contribution < -0.4 is 0 Å². The number of halogens is 3. The maximum absolute atomic E-state index is 5.86. The molecule has 4 nitrogen and oxygen atoms in total. The molecule has 0 N–H and O–H groups in total. The molecular weight excluding hydrogens is 279 g/mol. The Morgan fingerprint density at radius 1 is 1.23 bits per heavy atom. The first-order valence-electron chi connectivity index (χ1n) is 3.30. The van der Waals surface area contributed by atoms with Crippen LogP contribution >= 0.6 is 39.1 Å². The Bertz CT molecular complexity index is 481. The molecule has 0 saturated carbocycles. The lowest BCUT2D eigenvalue weighted by molar-refractivity contribution is 0.910. The molecule has 2 aromatic rings. The number of hydrogen-bond donors (Lipinski definition) is 0. The molecule has 0 amide bonds. The third-order valence-corrected chi connectivity index (χ3v) is 2.75. The van der Waals surface area contributed by atoms with E-state index in [1.807, 2.05) is 7.05 Å². The monoisotopic (exact) mass is 280 g/mol. The van der Waals surface area contributed by atoms with Crippen molar-refractivity contribution in [3.63, 3.8) is 0 Å². The normalized spacial score (nSPS) is 11.1. The fraction of sp³-hybridized carbons (Fsp3) is 0.167. The van der Waals surface area contributed by atoms with E-state index in [-0.39, 0.29) is 5.28 Å². The largest absolute Gasteiger partial charge is 0.318 e. The van der Waals surface area contributed by atoms with Crippen molar-refractivity contribution in [3.8, 4) is 0 Å². The first-order valence-corrected chi connectivity index (χ1v) is 4.85. The Labute approximate surface area is 92.0 Å². The Morgan fingerprint density at radius 2 is 1.92 bits per heavy atom. The smallest absolute Gasteiger partial charge is 0.225 e. The molecule has 0 fully saturated rings. The quantitative estimate of drug-likeness (QED) is 0.423. The third kappa shape index (κ3) is 1.41. The van der Waals surface area contributed by atoms with Crippen LogP contribution in [-0.4, -0.2) is 19.5 Å². The number of rotatable bonds is 0. The van der Waals surface area contributed by atoms with Crippen molar-refractivity contribution in [2.75, 3.05) is 0 Å². The summed E-state index contributed by atoms with van der Waals surface area (Å²) in [6, 6.07) is 0. The van der Waals surface area contributed by atoms with Gasteiger partial charge < -0.3 is 4.57 Å². The molecular formula is C6H3BrCl2N4. The van der Waals surface area contributed by atoms with Crippen molar-refractivity contribution in [2.45, 2.75) is 0 Å². The van der Waals surface area contributed by atoms with E-state index >= 15 is 0 Å². The Balaban J connectivity index is 2.94. The molecule has 0 aliphatic rings. The molecule has 2 aromatic heterocycles. The van der Waals surface area contributed by atoms with E-state index in [4.69, 9.17) is 23.2 Å². The third-order valence-electron chi connectivity index (χ3n) is 1.61. The van der Waals surface area contributed by atoms with Gasteiger partial charge in [-0.3, -0.25) is 0 Å². The maximum Gasteiger partial charge on any atom is 0.225 e. The second kappa shape index (κ2) is 3.08. The highest BCUT2D eigenvalue weighted by Crippen LogP contribution is 2.24. The van der Waals surface area contributed by atoms with Gasteiger partial charge in [-0.2, -0.15) is 4.98 Å². The van der Waals surface area contributed by atoms with E-state index in [9.17, 15) is 0 Å². The number of aryl methyl sites for hydroxylation is 1. The lowest BCUT2D eigenvalue weighted by Crippen LogP contribution is -1.91. The van der Waals surface area contributed by atoms with Gasteiger partial charge in [0.1, 0.15) is 5.52 Å². The standard InChI is InChI=1S/C6H3BrCl2N4/c1-13-2-3(8)10-6(9)12-4(2)11-5(13)7/h1H3. The highest BCUT2D eigenvalue weighted by Gasteiger charge is 2.12. The first kappa shape index (κ1) is 9.18. The van der Waals surface area contributed by atoms with Crippen molar-refractivity contribution in [2.24, 2.45) is 7.05 Å². The molecule has 2 heterocycles. The summed E-state index contributed by atoms with van der Waals surface area (Å²) in [5, 5.41) is 0.402. The summed E-state index contributed by atoms with van der Waals surface area (Å²) in [7, 11) is 1.81. The fourth-order valence-corrected chi connectivity index (χ4v) is 1.86. The number of nitrogens with zero attached hydrogens (tertiary/aromatic N) is 4. The van der Waals surface area contributed by atoms with E-state index < -0.39 is 0 Å². The molecule has 13 heavy (non-hydrogen) atoms. The Morgan fingerprint density at radius 3 is 2.62 bits per heavy atom. The van der Waals surface area contributed by atoms with Gasteiger partial charge in [0, 0.05) is 7.05 Å². The molecule has 0 aromatic carbocycles. The first-order chi connectivity index (χ1) is 6.09. The van der Waals surface area contributed by atoms with E-state index in [0.29, 0.717) is 21.1 Å². The zero-order valence-corrected chi connectivity index (χ0v) is 9.52. The van der Waals surface area contributed by atoms with Crippen molar-refractivity contribution in [1.29, 1.82) is 0 Å². The van der Waals surface area contributed by atoms with E-state index in [1.54, 1.807) is 4.57 Å². The second-order valence-electron chi connectivity index (χ2n) is 2.40. The van der Waals surface area contributed by atoms with Crippen LogP contribution in [0.5, 0.6) is 0 Å². The number of imidazole rings is 1. The van der Waals surface area contributed by atoms with Crippen LogP contribution in [0.3, 0.4) is 0 Å². The summed E-state index contributed by atoms with van der Waals surface area (Å²) in [6.07, 6.45) is 0. The van der Waals surface area contributed by atoms with Gasteiger partial charge in [0.2, 0.25) is 5.28 Å². The lowest BCUT2D eigenvalue weighted by Gasteiger charge is -1.96. The zero-order valence-electron chi connectivity index (χ0n) is 6.42. The molecule has 0 aliphatic heterocycles. The van der Waals surface area contributed by atoms with Gasteiger partial charge in [0.25, 0.3) is 0 Å². The van der Waals surface area contributed by atoms with Crippen molar-refractivity contribution >= 4 is 50.3 Å². The minimum Gasteiger partial charge on any atom is -0.318 e. The van der Waals surface area contributed by atoms with Crippen LogP contribution in [0.25, 0.3) is 11.2 Å². The van der Waals surface area contributed by atoms with Gasteiger partial charge in [-0.25, -0.2) is 9.97 Å². The molecule has 0 radical (unpaired) electrons. The summed E-state index contributed by atoms with van der Waals surface area (Å²) in [6.45, 7) is 0. The van der Waals surface area contributed by atoms with Crippen LogP contribution in [-0.2, 0) is 7.05 Å². The molecule has 0 bridgehead atoms. The highest BCUT2D eigenvalue weighted by atomic mass is 79.9. The van der Waals surface area contributed by atoms with E-state index in [1.165, 1.54) is 0 Å². The molecule has 0 aliphatic carbocycles. The molecule has 0 spiro atoms. The summed E-state index contributed by atoms with van der Waals surface area (Å²) in [5.74, 6) is 0. The van der Waals surface area contributed by atoms with Gasteiger partial charge in [-0.05, 0) is 27.5 Å². The van der Waals surface area contributed by atoms with Gasteiger partial charge in [-0.15, -0.1) is 0 Å². The summed E-state index contributed by atoms with van der Waals surface area (Å²) >= 11 is 14.7. The van der Waals surface area contributed by atoms with Gasteiger partial charge in [0.05, 0.1) is 0 Å². The van der Waals surface area contributed by atoms with E-state index in [0.717, 1.165) is 0 Å². The van der Waals surface area contributed by atoms with Crippen LogP contribution in [0, 0.1) is 0 Å². The van der Waals surface area contributed by atoms with Crippen LogP contribution in [0.2, 0.25) is 10.4 Å². The van der Waals surface area contributed by atoms with Crippen molar-refractivity contribution in [3.05, 3.63) is 15.2 Å². The molecule has 2 rings (SSSR count). The lowest BCUT2D eigenvalue weighted by atomic mass is 10.5. The van der Waals surface area contributed by atoms with Gasteiger partial charge in [0.15, 0.2) is 15.5 Å². The summed E-state index contributed by atoms with van der Waals surface area (Å²) < 4.78 is 2.38. The number of aromatic nitrogens is 4. The number of fused-ring (bicyclic) bond motifs is 1. The minimum atomic E-state index is 0.100. The van der Waals surface area contributed by atoms with Crippen molar-refractivity contribution < 1.29 is 0 Å². The van der Waals surface area contributed by atoms with E-state index in [2.05, 4.69) is 30.9 Å². The zero-order chi connectivity index (χ0) is 9.59. The fourth-order valence-electron chi connectivity index (χ4n) is 1.01. The molecule has 0 atom stereocenters. The SMILES string of the molecule is Cn1c(Br)nc2nc(Cl)nc(Cl)c21. The predicted octanol–water partition coefficient (Wildman–Crippen LogP) is 2.43. The van der Waals surface area contributed by atoms with Crippen LogP contribution in [0.15, 0.2) is 4.73 Å². The second-order valence-corrected chi connectivity index (χ2v) is 3.80. The summed E-state index contributed by atoms with van der Waals surface area (Å²) in [4.78, 5) is 11.8. The number of hydrogen-bond acceptors (Lipinski definition) is 3. The van der Waals surface area contributed by atoms with Gasteiger partial charge >= 0.3 is 0 Å².